The first-order valence-corrected chi connectivity index (χ1v) is 8.00. The molecule has 0 saturated carbocycles. The topological polar surface area (TPSA) is 91.1 Å². The van der Waals surface area contributed by atoms with Gasteiger partial charge in [-0.05, 0) is 0 Å². The fraction of sp³-hybridized carbons (Fsp3) is 0.786. The van der Waals surface area contributed by atoms with Gasteiger partial charge < -0.3 is 9.47 Å². The molecule has 2 aliphatic rings. The Kier molecular flexibility index (Phi) is 4.59. The molecule has 2 atom stereocenters. The molecular formula is C14H17F4N3O5. The first-order chi connectivity index (χ1) is 12.1. The molecule has 2 unspecified atom stereocenters. The number of epoxide rings is 2. The fourth-order valence-corrected chi connectivity index (χ4v) is 2.46. The molecule has 8 nitrogen and oxygen atoms in total. The molecule has 0 N–H and O–H groups in total. The van der Waals surface area contributed by atoms with Gasteiger partial charge in [-0.1, -0.05) is 6.92 Å². The van der Waals surface area contributed by atoms with Crippen molar-refractivity contribution in [2.75, 3.05) is 13.2 Å². The van der Waals surface area contributed by atoms with Crippen LogP contribution in [0.15, 0.2) is 14.4 Å². The predicted octanol–water partition coefficient (Wildman–Crippen LogP) is -0.350. The highest BCUT2D eigenvalue weighted by Gasteiger charge is 2.55. The van der Waals surface area contributed by atoms with Crippen molar-refractivity contribution in [2.45, 2.75) is 57.0 Å². The second kappa shape index (κ2) is 6.34. The lowest BCUT2D eigenvalue weighted by Crippen LogP contribution is -2.58. The van der Waals surface area contributed by atoms with Crippen LogP contribution < -0.4 is 17.1 Å². The van der Waals surface area contributed by atoms with Gasteiger partial charge in [0.2, 0.25) is 0 Å². The third-order valence-electron chi connectivity index (χ3n) is 4.30. The summed E-state index contributed by atoms with van der Waals surface area (Å²) in [5.74, 6) is -9.05. The van der Waals surface area contributed by atoms with Crippen molar-refractivity contribution in [1.82, 2.24) is 13.7 Å². The van der Waals surface area contributed by atoms with Gasteiger partial charge in [0.25, 0.3) is 0 Å². The largest absolute Gasteiger partial charge is 0.371 e. The van der Waals surface area contributed by atoms with Crippen LogP contribution in [0.5, 0.6) is 0 Å². The highest BCUT2D eigenvalue weighted by Crippen LogP contribution is 2.37. The van der Waals surface area contributed by atoms with Gasteiger partial charge in [-0.15, -0.1) is 0 Å². The maximum Gasteiger partial charge on any atom is 0.336 e. The highest BCUT2D eigenvalue weighted by atomic mass is 19.3. The first kappa shape index (κ1) is 18.8. The maximum atomic E-state index is 14.0. The fourth-order valence-electron chi connectivity index (χ4n) is 2.46. The summed E-state index contributed by atoms with van der Waals surface area (Å²) in [7, 11) is 0. The summed E-state index contributed by atoms with van der Waals surface area (Å²) in [6.45, 7) is -0.937. The zero-order valence-electron chi connectivity index (χ0n) is 13.8. The normalized spacial score (nSPS) is 22.5. The van der Waals surface area contributed by atoms with E-state index in [0.29, 0.717) is 9.13 Å². The van der Waals surface area contributed by atoms with Crippen molar-refractivity contribution >= 4 is 0 Å². The minimum absolute atomic E-state index is 0.0181. The molecule has 2 aliphatic heterocycles. The molecule has 3 heterocycles. The quantitative estimate of drug-likeness (QED) is 0.452. The lowest BCUT2D eigenvalue weighted by molar-refractivity contribution is -0.217. The molecule has 0 bridgehead atoms. The number of rotatable bonds is 8. The van der Waals surface area contributed by atoms with Crippen LogP contribution >= 0.6 is 0 Å². The van der Waals surface area contributed by atoms with Gasteiger partial charge in [0.05, 0.1) is 38.5 Å². The number of hydrogen-bond donors (Lipinski definition) is 0. The molecule has 2 saturated heterocycles. The summed E-state index contributed by atoms with van der Waals surface area (Å²) in [4.78, 5) is 37.1. The molecular weight excluding hydrogens is 366 g/mol. The molecule has 0 aliphatic carbocycles. The average Bonchev–Trinajstić information content (AvgIpc) is 3.47. The summed E-state index contributed by atoms with van der Waals surface area (Å²) >= 11 is 0. The Morgan fingerprint density at radius 1 is 0.846 bits per heavy atom. The van der Waals surface area contributed by atoms with E-state index >= 15 is 0 Å². The smallest absolute Gasteiger partial charge is 0.336 e. The van der Waals surface area contributed by atoms with Gasteiger partial charge in [-0.25, -0.2) is 28.1 Å². The number of hydrogen-bond acceptors (Lipinski definition) is 5. The Labute approximate surface area is 143 Å². The molecule has 1 aromatic heterocycles. The maximum absolute atomic E-state index is 14.0. The van der Waals surface area contributed by atoms with Crippen LogP contribution in [0.1, 0.15) is 13.3 Å². The Hall–Kier alpha value is -1.95. The minimum Gasteiger partial charge on any atom is -0.371 e. The van der Waals surface area contributed by atoms with Crippen molar-refractivity contribution < 1.29 is 27.0 Å². The number of alkyl halides is 4. The molecule has 0 radical (unpaired) electrons. The molecule has 1 aromatic rings. The second-order valence-corrected chi connectivity index (χ2v) is 6.33. The van der Waals surface area contributed by atoms with Gasteiger partial charge in [-0.2, -0.15) is 17.6 Å². The summed E-state index contributed by atoms with van der Waals surface area (Å²) in [6, 6.07) is 0. The highest BCUT2D eigenvalue weighted by molar-refractivity contribution is 4.89. The van der Waals surface area contributed by atoms with Crippen LogP contribution in [0.3, 0.4) is 0 Å². The first-order valence-electron chi connectivity index (χ1n) is 8.00. The van der Waals surface area contributed by atoms with Crippen LogP contribution in [0, 0.1) is 0 Å². The van der Waals surface area contributed by atoms with E-state index in [-0.39, 0.29) is 30.9 Å². The number of ether oxygens (including phenoxy) is 2. The van der Waals surface area contributed by atoms with E-state index in [0.717, 1.165) is 6.92 Å². The lowest BCUT2D eigenvalue weighted by atomic mass is 10.1. The van der Waals surface area contributed by atoms with Gasteiger partial charge in [0.15, 0.2) is 0 Å². The molecule has 3 rings (SSSR count). The molecule has 0 spiro atoms. The lowest BCUT2D eigenvalue weighted by Gasteiger charge is -2.26. The number of halogens is 4. The molecule has 26 heavy (non-hydrogen) atoms. The van der Waals surface area contributed by atoms with E-state index in [2.05, 4.69) is 0 Å². The molecule has 12 heteroatoms. The molecule has 0 amide bonds. The van der Waals surface area contributed by atoms with Crippen molar-refractivity contribution in [3.05, 3.63) is 31.5 Å². The van der Waals surface area contributed by atoms with Gasteiger partial charge in [0, 0.05) is 6.42 Å². The summed E-state index contributed by atoms with van der Waals surface area (Å²) in [5, 5.41) is 0. The van der Waals surface area contributed by atoms with Crippen LogP contribution in [-0.2, 0) is 29.1 Å². The summed E-state index contributed by atoms with van der Waals surface area (Å²) < 4.78 is 65.9. The molecule has 146 valence electrons. The monoisotopic (exact) mass is 383 g/mol. The molecule has 0 aromatic carbocycles. The van der Waals surface area contributed by atoms with Crippen molar-refractivity contribution in [2.24, 2.45) is 0 Å². The van der Waals surface area contributed by atoms with Crippen LogP contribution in [0.4, 0.5) is 17.6 Å². The Balaban J connectivity index is 2.09. The van der Waals surface area contributed by atoms with E-state index in [1.165, 1.54) is 0 Å². The van der Waals surface area contributed by atoms with E-state index in [9.17, 15) is 31.9 Å². The van der Waals surface area contributed by atoms with E-state index in [1.54, 1.807) is 0 Å². The van der Waals surface area contributed by atoms with Crippen molar-refractivity contribution in [3.8, 4) is 0 Å². The Morgan fingerprint density at radius 3 is 1.58 bits per heavy atom. The van der Waals surface area contributed by atoms with E-state index < -0.39 is 54.1 Å². The van der Waals surface area contributed by atoms with Gasteiger partial charge >= 0.3 is 28.9 Å². The number of nitrogens with zero attached hydrogens (tertiary/aromatic N) is 3. The summed E-state index contributed by atoms with van der Waals surface area (Å²) in [5.41, 5.74) is -3.74. The van der Waals surface area contributed by atoms with Crippen LogP contribution in [0.2, 0.25) is 0 Å². The van der Waals surface area contributed by atoms with Gasteiger partial charge in [0.1, 0.15) is 6.54 Å². The zero-order valence-corrected chi connectivity index (χ0v) is 13.8. The van der Waals surface area contributed by atoms with E-state index in [1.807, 2.05) is 0 Å². The van der Waals surface area contributed by atoms with Crippen LogP contribution in [0.25, 0.3) is 0 Å². The SMILES string of the molecule is CCC(F)(F)C(F)(F)Cn1c(=O)n(CC2CO2)c(=O)n(CC2CO2)c1=O. The Morgan fingerprint density at radius 2 is 1.23 bits per heavy atom. The Bertz CT molecular complexity index is 815. The second-order valence-electron chi connectivity index (χ2n) is 6.33. The van der Waals surface area contributed by atoms with Crippen molar-refractivity contribution in [1.29, 1.82) is 0 Å². The molecule has 2 fully saturated rings. The van der Waals surface area contributed by atoms with Crippen LogP contribution in [-0.4, -0.2) is 51.0 Å². The standard InChI is InChI=1S/C14H17F4N3O5/c1-2-13(15,16)14(17,18)7-21-11(23)19(3-8-5-25-8)10(22)20(12(21)24)4-9-6-26-9/h8-9H,2-7H2,1H3. The third-order valence-corrected chi connectivity index (χ3v) is 4.30. The predicted molar refractivity (Wildman–Crippen MR) is 78.9 cm³/mol. The average molecular weight is 383 g/mol. The van der Waals surface area contributed by atoms with Crippen molar-refractivity contribution in [3.63, 3.8) is 0 Å². The van der Waals surface area contributed by atoms with Gasteiger partial charge in [-0.3, -0.25) is 0 Å². The summed E-state index contributed by atoms with van der Waals surface area (Å²) in [6.07, 6.45) is -2.10. The zero-order chi connectivity index (χ0) is 19.3. The number of aromatic nitrogens is 3. The third kappa shape index (κ3) is 3.47. The minimum atomic E-state index is -4.64. The van der Waals surface area contributed by atoms with E-state index in [4.69, 9.17) is 9.47 Å².